The molecule has 0 aliphatic rings. The SMILES string of the molecule is CCOC(C)Oc1ccc2nc(-c3ccc(N)nc3)ccc2c1. The number of hydrogen-bond acceptors (Lipinski definition) is 5. The Morgan fingerprint density at radius 3 is 2.74 bits per heavy atom. The van der Waals surface area contributed by atoms with E-state index in [4.69, 9.17) is 15.2 Å². The highest BCUT2D eigenvalue weighted by Gasteiger charge is 2.06. The normalized spacial score (nSPS) is 12.3. The minimum absolute atomic E-state index is 0.273. The topological polar surface area (TPSA) is 70.3 Å². The number of ether oxygens (including phenoxy) is 2. The zero-order chi connectivity index (χ0) is 16.2. The number of anilines is 1. The van der Waals surface area contributed by atoms with Gasteiger partial charge in [-0.15, -0.1) is 0 Å². The van der Waals surface area contributed by atoms with Crippen molar-refractivity contribution in [2.75, 3.05) is 12.3 Å². The summed E-state index contributed by atoms with van der Waals surface area (Å²) < 4.78 is 11.1. The molecular weight excluding hydrogens is 290 g/mol. The molecule has 1 aromatic carbocycles. The lowest BCUT2D eigenvalue weighted by molar-refractivity contribution is -0.0612. The smallest absolute Gasteiger partial charge is 0.196 e. The van der Waals surface area contributed by atoms with Gasteiger partial charge in [-0.3, -0.25) is 0 Å². The van der Waals surface area contributed by atoms with E-state index in [1.807, 2.05) is 50.2 Å². The minimum Gasteiger partial charge on any atom is -0.465 e. The van der Waals surface area contributed by atoms with Gasteiger partial charge < -0.3 is 15.2 Å². The fraction of sp³-hybridized carbons (Fsp3) is 0.222. The zero-order valence-electron chi connectivity index (χ0n) is 13.2. The Bertz CT molecular complexity index is 803. The lowest BCUT2D eigenvalue weighted by atomic mass is 10.1. The molecular formula is C18H19N3O2. The van der Waals surface area contributed by atoms with Crippen molar-refractivity contribution < 1.29 is 9.47 Å². The maximum absolute atomic E-state index is 5.72. The van der Waals surface area contributed by atoms with Crippen LogP contribution in [0.5, 0.6) is 5.75 Å². The third-order valence-corrected chi connectivity index (χ3v) is 3.45. The summed E-state index contributed by atoms with van der Waals surface area (Å²) >= 11 is 0. The third kappa shape index (κ3) is 3.57. The van der Waals surface area contributed by atoms with Crippen LogP contribution in [0.2, 0.25) is 0 Å². The van der Waals surface area contributed by atoms with Crippen molar-refractivity contribution in [3.8, 4) is 17.0 Å². The maximum Gasteiger partial charge on any atom is 0.196 e. The van der Waals surface area contributed by atoms with Gasteiger partial charge in [0.05, 0.1) is 11.2 Å². The Labute approximate surface area is 135 Å². The predicted molar refractivity (Wildman–Crippen MR) is 91.1 cm³/mol. The molecule has 1 unspecified atom stereocenters. The van der Waals surface area contributed by atoms with Crippen molar-refractivity contribution in [3.63, 3.8) is 0 Å². The van der Waals surface area contributed by atoms with Crippen molar-refractivity contribution in [3.05, 3.63) is 48.7 Å². The van der Waals surface area contributed by atoms with Crippen molar-refractivity contribution in [2.24, 2.45) is 0 Å². The lowest BCUT2D eigenvalue weighted by Crippen LogP contribution is -2.15. The first kappa shape index (κ1) is 15.2. The van der Waals surface area contributed by atoms with E-state index in [9.17, 15) is 0 Å². The van der Waals surface area contributed by atoms with Crippen LogP contribution < -0.4 is 10.5 Å². The largest absolute Gasteiger partial charge is 0.465 e. The van der Waals surface area contributed by atoms with E-state index in [0.717, 1.165) is 27.9 Å². The van der Waals surface area contributed by atoms with Gasteiger partial charge in [0.25, 0.3) is 0 Å². The van der Waals surface area contributed by atoms with Crippen LogP contribution in [0.1, 0.15) is 13.8 Å². The van der Waals surface area contributed by atoms with E-state index >= 15 is 0 Å². The van der Waals surface area contributed by atoms with Gasteiger partial charge in [0.1, 0.15) is 11.6 Å². The van der Waals surface area contributed by atoms with Gasteiger partial charge in [0.2, 0.25) is 0 Å². The second kappa shape index (κ2) is 6.62. The van der Waals surface area contributed by atoms with Crippen LogP contribution in [0.25, 0.3) is 22.2 Å². The van der Waals surface area contributed by atoms with Crippen LogP contribution in [-0.2, 0) is 4.74 Å². The third-order valence-electron chi connectivity index (χ3n) is 3.45. The molecule has 0 fully saturated rings. The van der Waals surface area contributed by atoms with Crippen LogP contribution in [0.4, 0.5) is 5.82 Å². The first-order chi connectivity index (χ1) is 11.2. The molecule has 2 aromatic heterocycles. The molecule has 3 rings (SSSR count). The maximum atomic E-state index is 5.72. The Morgan fingerprint density at radius 2 is 2.00 bits per heavy atom. The average Bonchev–Trinajstić information content (AvgIpc) is 2.55. The summed E-state index contributed by atoms with van der Waals surface area (Å²) in [5.41, 5.74) is 8.32. The first-order valence-electron chi connectivity index (χ1n) is 7.56. The number of aromatic nitrogens is 2. The lowest BCUT2D eigenvalue weighted by Gasteiger charge is -2.14. The number of fused-ring (bicyclic) bond motifs is 1. The summed E-state index contributed by atoms with van der Waals surface area (Å²) in [6.07, 6.45) is 1.45. The van der Waals surface area contributed by atoms with Gasteiger partial charge in [-0.05, 0) is 50.2 Å². The summed E-state index contributed by atoms with van der Waals surface area (Å²) in [6, 6.07) is 13.5. The summed E-state index contributed by atoms with van der Waals surface area (Å²) in [4.78, 5) is 8.77. The number of nitrogen functional groups attached to an aromatic ring is 1. The average molecular weight is 309 g/mol. The molecule has 23 heavy (non-hydrogen) atoms. The standard InChI is InChI=1S/C18H19N3O2/c1-3-22-12(2)23-15-6-8-16-13(10-15)4-7-17(21-16)14-5-9-18(19)20-11-14/h4-12H,3H2,1-2H3,(H2,19,20). The van der Waals surface area contributed by atoms with E-state index in [2.05, 4.69) is 9.97 Å². The number of rotatable bonds is 5. The van der Waals surface area contributed by atoms with E-state index < -0.39 is 0 Å². The molecule has 5 nitrogen and oxygen atoms in total. The number of benzene rings is 1. The van der Waals surface area contributed by atoms with Crippen LogP contribution >= 0.6 is 0 Å². The number of nitrogens with two attached hydrogens (primary N) is 1. The quantitative estimate of drug-likeness (QED) is 0.729. The Kier molecular flexibility index (Phi) is 4.39. The van der Waals surface area contributed by atoms with Gasteiger partial charge in [0.15, 0.2) is 6.29 Å². The molecule has 0 saturated heterocycles. The molecule has 0 amide bonds. The van der Waals surface area contributed by atoms with Crippen molar-refractivity contribution in [1.82, 2.24) is 9.97 Å². The summed E-state index contributed by atoms with van der Waals surface area (Å²) in [6.45, 7) is 4.44. The summed E-state index contributed by atoms with van der Waals surface area (Å²) in [7, 11) is 0. The number of nitrogens with zero attached hydrogens (tertiary/aromatic N) is 2. The van der Waals surface area contributed by atoms with E-state index in [-0.39, 0.29) is 6.29 Å². The fourth-order valence-corrected chi connectivity index (χ4v) is 2.35. The number of hydrogen-bond donors (Lipinski definition) is 1. The molecule has 0 bridgehead atoms. The van der Waals surface area contributed by atoms with Gasteiger partial charge in [-0.1, -0.05) is 6.07 Å². The second-order valence-electron chi connectivity index (χ2n) is 5.16. The Hall–Kier alpha value is -2.66. The second-order valence-corrected chi connectivity index (χ2v) is 5.16. The molecule has 3 aromatic rings. The highest BCUT2D eigenvalue weighted by atomic mass is 16.7. The summed E-state index contributed by atoms with van der Waals surface area (Å²) in [5, 5.41) is 1.01. The first-order valence-corrected chi connectivity index (χ1v) is 7.56. The van der Waals surface area contributed by atoms with Crippen LogP contribution in [-0.4, -0.2) is 22.9 Å². The molecule has 0 aliphatic heterocycles. The molecule has 118 valence electrons. The van der Waals surface area contributed by atoms with Gasteiger partial charge >= 0.3 is 0 Å². The van der Waals surface area contributed by atoms with Gasteiger partial charge in [0, 0.05) is 23.8 Å². The summed E-state index contributed by atoms with van der Waals surface area (Å²) in [5.74, 6) is 1.27. The molecule has 2 heterocycles. The van der Waals surface area contributed by atoms with Crippen molar-refractivity contribution in [2.45, 2.75) is 20.1 Å². The van der Waals surface area contributed by atoms with Crippen LogP contribution in [0.15, 0.2) is 48.7 Å². The van der Waals surface area contributed by atoms with E-state index in [0.29, 0.717) is 12.4 Å². The van der Waals surface area contributed by atoms with Crippen molar-refractivity contribution in [1.29, 1.82) is 0 Å². The van der Waals surface area contributed by atoms with E-state index in [1.54, 1.807) is 12.3 Å². The Morgan fingerprint density at radius 1 is 1.13 bits per heavy atom. The predicted octanol–water partition coefficient (Wildman–Crippen LogP) is 3.64. The zero-order valence-corrected chi connectivity index (χ0v) is 13.2. The highest BCUT2D eigenvalue weighted by molar-refractivity contribution is 5.82. The Balaban J connectivity index is 1.88. The minimum atomic E-state index is -0.273. The monoisotopic (exact) mass is 309 g/mol. The molecule has 2 N–H and O–H groups in total. The van der Waals surface area contributed by atoms with Crippen LogP contribution in [0.3, 0.4) is 0 Å². The van der Waals surface area contributed by atoms with Crippen molar-refractivity contribution >= 4 is 16.7 Å². The van der Waals surface area contributed by atoms with E-state index in [1.165, 1.54) is 0 Å². The van der Waals surface area contributed by atoms with Crippen LogP contribution in [0, 0.1) is 0 Å². The van der Waals surface area contributed by atoms with Gasteiger partial charge in [-0.2, -0.15) is 0 Å². The molecule has 0 aliphatic carbocycles. The van der Waals surface area contributed by atoms with Gasteiger partial charge in [-0.25, -0.2) is 9.97 Å². The molecule has 5 heteroatoms. The molecule has 1 atom stereocenters. The highest BCUT2D eigenvalue weighted by Crippen LogP contribution is 2.24. The molecule has 0 saturated carbocycles. The molecule has 0 radical (unpaired) electrons. The molecule has 0 spiro atoms. The number of pyridine rings is 2. The fourth-order valence-electron chi connectivity index (χ4n) is 2.35.